The van der Waals surface area contributed by atoms with Crippen LogP contribution in [0.3, 0.4) is 0 Å². The molecule has 6 heteroatoms. The van der Waals surface area contributed by atoms with Crippen molar-refractivity contribution in [2.75, 3.05) is 0 Å². The first-order chi connectivity index (χ1) is 10.1. The normalized spacial score (nSPS) is 13.0. The van der Waals surface area contributed by atoms with Crippen LogP contribution in [0.1, 0.15) is 15.4 Å². The number of halogens is 1. The second-order valence-electron chi connectivity index (χ2n) is 4.44. The molecule has 1 aromatic carbocycles. The molecule has 0 amide bonds. The van der Waals surface area contributed by atoms with Gasteiger partial charge in [-0.05, 0) is 30.7 Å². The van der Waals surface area contributed by atoms with Gasteiger partial charge in [-0.2, -0.15) is 0 Å². The Balaban J connectivity index is 2.06. The molecule has 2 heterocycles. The van der Waals surface area contributed by atoms with Gasteiger partial charge in [0.2, 0.25) is 0 Å². The lowest BCUT2D eigenvalue weighted by Gasteiger charge is -1.92. The zero-order chi connectivity index (χ0) is 14.8. The molecule has 0 fully saturated rings. The average molecular weight is 379 g/mol. The van der Waals surface area contributed by atoms with Gasteiger partial charge in [0, 0.05) is 21.6 Å². The van der Waals surface area contributed by atoms with Gasteiger partial charge in [-0.15, -0.1) is 22.7 Å². The van der Waals surface area contributed by atoms with Crippen LogP contribution in [0.4, 0.5) is 0 Å². The molecule has 1 N–H and O–H groups in total. The van der Waals surface area contributed by atoms with Gasteiger partial charge >= 0.3 is 0 Å². The Kier molecular flexibility index (Phi) is 4.19. The van der Waals surface area contributed by atoms with Crippen molar-refractivity contribution in [3.8, 4) is 0 Å². The molecular formula is C15H11BrN2OS2. The molecule has 0 atom stereocenters. The van der Waals surface area contributed by atoms with E-state index in [9.17, 15) is 4.79 Å². The maximum absolute atomic E-state index is 12.0. The standard InChI is InChI=1S/C15H11BrN2OS2/c1-9-8-17-13(20-9)7-14-18-15(19)12(21-14)6-10-3-2-4-11(16)5-10/h2-8H,1H3,(H,18,19)/b12-6+,14-7+. The molecule has 3 aromatic rings. The minimum absolute atomic E-state index is 0.0699. The van der Waals surface area contributed by atoms with E-state index in [0.717, 1.165) is 24.6 Å². The number of aryl methyl sites for hydroxylation is 1. The Bertz CT molecular complexity index is 952. The van der Waals surface area contributed by atoms with E-state index in [-0.39, 0.29) is 5.56 Å². The number of hydrogen-bond acceptors (Lipinski definition) is 4. The number of H-pyrrole nitrogens is 1. The van der Waals surface area contributed by atoms with Gasteiger partial charge in [-0.3, -0.25) is 4.79 Å². The number of nitrogens with zero attached hydrogens (tertiary/aromatic N) is 1. The molecule has 0 saturated heterocycles. The summed E-state index contributed by atoms with van der Waals surface area (Å²) in [6.45, 7) is 2.01. The highest BCUT2D eigenvalue weighted by Crippen LogP contribution is 2.12. The summed E-state index contributed by atoms with van der Waals surface area (Å²) in [5, 5.41) is 0.902. The van der Waals surface area contributed by atoms with E-state index >= 15 is 0 Å². The number of nitrogens with one attached hydrogen (secondary N) is 1. The van der Waals surface area contributed by atoms with Gasteiger partial charge in [0.05, 0.1) is 9.20 Å². The molecule has 106 valence electrons. The van der Waals surface area contributed by atoms with Crippen molar-refractivity contribution in [2.45, 2.75) is 6.92 Å². The fourth-order valence-electron chi connectivity index (χ4n) is 1.82. The monoisotopic (exact) mass is 378 g/mol. The van der Waals surface area contributed by atoms with E-state index < -0.39 is 0 Å². The van der Waals surface area contributed by atoms with Crippen LogP contribution in [0.2, 0.25) is 0 Å². The molecule has 21 heavy (non-hydrogen) atoms. The predicted octanol–water partition coefficient (Wildman–Crippen LogP) is 2.62. The Hall–Kier alpha value is -1.50. The van der Waals surface area contributed by atoms with E-state index in [0.29, 0.717) is 4.53 Å². The molecule has 0 saturated carbocycles. The quantitative estimate of drug-likeness (QED) is 0.744. The Morgan fingerprint density at radius 3 is 2.86 bits per heavy atom. The zero-order valence-electron chi connectivity index (χ0n) is 11.1. The van der Waals surface area contributed by atoms with Crippen LogP contribution in [0.15, 0.2) is 39.7 Å². The number of aromatic amines is 1. The second-order valence-corrected chi connectivity index (χ2v) is 7.70. The van der Waals surface area contributed by atoms with Gasteiger partial charge in [0.15, 0.2) is 0 Å². The van der Waals surface area contributed by atoms with Crippen LogP contribution >= 0.6 is 38.6 Å². The molecule has 2 aromatic heterocycles. The molecule has 3 nitrogen and oxygen atoms in total. The summed E-state index contributed by atoms with van der Waals surface area (Å²) >= 11 is 6.47. The summed E-state index contributed by atoms with van der Waals surface area (Å²) in [5.74, 6) is 0. The second kappa shape index (κ2) is 6.09. The van der Waals surface area contributed by atoms with Crippen molar-refractivity contribution in [1.82, 2.24) is 9.97 Å². The third-order valence-electron chi connectivity index (χ3n) is 2.72. The largest absolute Gasteiger partial charge is 0.313 e. The van der Waals surface area contributed by atoms with Crippen LogP contribution in [0, 0.1) is 6.92 Å². The summed E-state index contributed by atoms with van der Waals surface area (Å²) in [6, 6.07) is 7.85. The van der Waals surface area contributed by atoms with Gasteiger partial charge in [-0.1, -0.05) is 28.1 Å². The lowest BCUT2D eigenvalue weighted by Crippen LogP contribution is -2.19. The highest BCUT2D eigenvalue weighted by molar-refractivity contribution is 9.10. The zero-order valence-corrected chi connectivity index (χ0v) is 14.3. The highest BCUT2D eigenvalue weighted by Gasteiger charge is 1.98. The van der Waals surface area contributed by atoms with Gasteiger partial charge in [0.1, 0.15) is 5.01 Å². The third kappa shape index (κ3) is 3.58. The first-order valence-electron chi connectivity index (χ1n) is 6.21. The molecule has 0 radical (unpaired) electrons. The van der Waals surface area contributed by atoms with E-state index in [2.05, 4.69) is 25.9 Å². The maximum Gasteiger partial charge on any atom is 0.266 e. The lowest BCUT2D eigenvalue weighted by atomic mass is 10.2. The molecule has 3 rings (SSSR count). The molecule has 0 unspecified atom stereocenters. The number of rotatable bonds is 2. The predicted molar refractivity (Wildman–Crippen MR) is 92.3 cm³/mol. The average Bonchev–Trinajstić information content (AvgIpc) is 2.97. The van der Waals surface area contributed by atoms with Crippen molar-refractivity contribution >= 4 is 50.8 Å². The molecular weight excluding hydrogens is 368 g/mol. The van der Waals surface area contributed by atoms with Crippen LogP contribution in [0.5, 0.6) is 0 Å². The number of hydrogen-bond donors (Lipinski definition) is 1. The molecule has 0 aliphatic rings. The van der Waals surface area contributed by atoms with Crippen molar-refractivity contribution < 1.29 is 0 Å². The number of thiazole rings is 2. The van der Waals surface area contributed by atoms with Gasteiger partial charge < -0.3 is 4.98 Å². The third-order valence-corrected chi connectivity index (χ3v) is 5.04. The molecule has 0 aliphatic carbocycles. The maximum atomic E-state index is 12.0. The number of benzene rings is 1. The fraction of sp³-hybridized carbons (Fsp3) is 0.0667. The van der Waals surface area contributed by atoms with Crippen molar-refractivity contribution in [1.29, 1.82) is 0 Å². The molecule has 0 bridgehead atoms. The topological polar surface area (TPSA) is 45.8 Å². The van der Waals surface area contributed by atoms with Crippen molar-refractivity contribution in [2.24, 2.45) is 0 Å². The van der Waals surface area contributed by atoms with Crippen molar-refractivity contribution in [3.05, 3.63) is 69.9 Å². The summed E-state index contributed by atoms with van der Waals surface area (Å²) in [7, 11) is 0. The van der Waals surface area contributed by atoms with Crippen LogP contribution in [-0.4, -0.2) is 9.97 Å². The van der Waals surface area contributed by atoms with Crippen LogP contribution in [-0.2, 0) is 0 Å². The first kappa shape index (κ1) is 14.4. The highest BCUT2D eigenvalue weighted by atomic mass is 79.9. The smallest absolute Gasteiger partial charge is 0.266 e. The van der Waals surface area contributed by atoms with Crippen LogP contribution < -0.4 is 14.8 Å². The Morgan fingerprint density at radius 1 is 1.29 bits per heavy atom. The van der Waals surface area contributed by atoms with Gasteiger partial charge in [-0.25, -0.2) is 4.98 Å². The molecule has 0 aliphatic heterocycles. The minimum atomic E-state index is -0.0699. The van der Waals surface area contributed by atoms with Crippen LogP contribution in [0.25, 0.3) is 12.2 Å². The Morgan fingerprint density at radius 2 is 2.14 bits per heavy atom. The Labute approximate surface area is 137 Å². The minimum Gasteiger partial charge on any atom is -0.313 e. The summed E-state index contributed by atoms with van der Waals surface area (Å²) in [6.07, 6.45) is 5.62. The summed E-state index contributed by atoms with van der Waals surface area (Å²) in [5.41, 5.74) is 0.924. The SMILES string of the molecule is Cc1cnc(/C=c2\[nH]c(=O)/c(=C\c3cccc(Br)c3)s2)s1. The first-order valence-corrected chi connectivity index (χ1v) is 8.63. The summed E-state index contributed by atoms with van der Waals surface area (Å²) < 4.78 is 2.50. The number of aromatic nitrogens is 2. The van der Waals surface area contributed by atoms with Crippen molar-refractivity contribution in [3.63, 3.8) is 0 Å². The lowest BCUT2D eigenvalue weighted by molar-refractivity contribution is 1.25. The molecule has 0 spiro atoms. The fourth-order valence-corrected chi connectivity index (χ4v) is 3.92. The van der Waals surface area contributed by atoms with E-state index in [1.165, 1.54) is 11.3 Å². The van der Waals surface area contributed by atoms with E-state index in [1.807, 2.05) is 49.5 Å². The van der Waals surface area contributed by atoms with Gasteiger partial charge in [0.25, 0.3) is 5.56 Å². The summed E-state index contributed by atoms with van der Waals surface area (Å²) in [4.78, 5) is 20.3. The van der Waals surface area contributed by atoms with E-state index in [4.69, 9.17) is 0 Å². The van der Waals surface area contributed by atoms with E-state index in [1.54, 1.807) is 11.3 Å².